The Morgan fingerprint density at radius 1 is 1.42 bits per heavy atom. The van der Waals surface area contributed by atoms with Crippen LogP contribution in [0.1, 0.15) is 21.6 Å². The van der Waals surface area contributed by atoms with Crippen molar-refractivity contribution in [2.75, 3.05) is 5.73 Å². The molecule has 1 aromatic carbocycles. The third kappa shape index (κ3) is 2.67. The zero-order valence-corrected chi connectivity index (χ0v) is 11.7. The Hall–Kier alpha value is -1.72. The molecular weight excluding hydrogens is 287 g/mol. The molecule has 0 fully saturated rings. The lowest BCUT2D eigenvalue weighted by atomic mass is 10.2. The Morgan fingerprint density at radius 2 is 2.11 bits per heavy atom. The van der Waals surface area contributed by atoms with Gasteiger partial charge in [0.1, 0.15) is 11.4 Å². The Kier molecular flexibility index (Phi) is 3.68. The molecule has 5 nitrogen and oxygen atoms in total. The molecule has 0 aliphatic carbocycles. The number of amides is 1. The van der Waals surface area contributed by atoms with E-state index >= 15 is 0 Å². The van der Waals surface area contributed by atoms with Gasteiger partial charge in [-0.15, -0.1) is 0 Å². The molecule has 2 aromatic rings. The number of halogens is 2. The minimum atomic E-state index is -0.594. The summed E-state index contributed by atoms with van der Waals surface area (Å²) >= 11 is 11.9. The fourth-order valence-electron chi connectivity index (χ4n) is 1.84. The summed E-state index contributed by atoms with van der Waals surface area (Å²) in [6, 6.07) is 5.15. The van der Waals surface area contributed by atoms with Crippen LogP contribution in [0.25, 0.3) is 0 Å². The minimum Gasteiger partial charge on any atom is -0.383 e. The van der Waals surface area contributed by atoms with Crippen molar-refractivity contribution in [2.24, 2.45) is 5.73 Å². The predicted octanol–water partition coefficient (Wildman–Crippen LogP) is 2.23. The fraction of sp³-hybridized carbons (Fsp3) is 0.167. The number of benzene rings is 1. The minimum absolute atomic E-state index is 0.232. The molecule has 0 bridgehead atoms. The third-order valence-corrected chi connectivity index (χ3v) is 3.34. The molecule has 7 heteroatoms. The van der Waals surface area contributed by atoms with Gasteiger partial charge in [-0.2, -0.15) is 5.10 Å². The first-order valence-corrected chi connectivity index (χ1v) is 6.22. The molecule has 1 heterocycles. The van der Waals surface area contributed by atoms with E-state index in [9.17, 15) is 4.79 Å². The second kappa shape index (κ2) is 5.11. The van der Waals surface area contributed by atoms with E-state index in [0.29, 0.717) is 22.3 Å². The number of nitrogens with two attached hydrogens (primary N) is 2. The van der Waals surface area contributed by atoms with Crippen molar-refractivity contribution in [3.8, 4) is 0 Å². The summed E-state index contributed by atoms with van der Waals surface area (Å²) in [5.41, 5.74) is 12.7. The van der Waals surface area contributed by atoms with Gasteiger partial charge >= 0.3 is 0 Å². The van der Waals surface area contributed by atoms with Crippen LogP contribution in [0.3, 0.4) is 0 Å². The van der Waals surface area contributed by atoms with E-state index in [-0.39, 0.29) is 11.4 Å². The zero-order valence-electron chi connectivity index (χ0n) is 10.2. The molecule has 4 N–H and O–H groups in total. The third-order valence-electron chi connectivity index (χ3n) is 2.75. The lowest BCUT2D eigenvalue weighted by Crippen LogP contribution is -2.14. The number of aromatic nitrogens is 2. The van der Waals surface area contributed by atoms with Crippen LogP contribution in [0, 0.1) is 6.92 Å². The van der Waals surface area contributed by atoms with Gasteiger partial charge in [0.2, 0.25) is 0 Å². The van der Waals surface area contributed by atoms with Crippen LogP contribution >= 0.6 is 23.2 Å². The lowest BCUT2D eigenvalue weighted by Gasteiger charge is -2.07. The molecule has 0 unspecified atom stereocenters. The van der Waals surface area contributed by atoms with Crippen LogP contribution in [0.5, 0.6) is 0 Å². The highest BCUT2D eigenvalue weighted by Gasteiger charge is 2.17. The van der Waals surface area contributed by atoms with Gasteiger partial charge in [0.25, 0.3) is 5.91 Å². The number of hydrogen-bond donors (Lipinski definition) is 2. The van der Waals surface area contributed by atoms with Crippen molar-refractivity contribution in [3.05, 3.63) is 45.1 Å². The molecule has 2 rings (SSSR count). The van der Waals surface area contributed by atoms with Gasteiger partial charge in [0.15, 0.2) is 0 Å². The molecule has 0 atom stereocenters. The molecule has 0 aliphatic heterocycles. The van der Waals surface area contributed by atoms with Crippen LogP contribution in [0.2, 0.25) is 10.0 Å². The number of carbonyl (C=O) groups is 1. The number of anilines is 1. The molecule has 100 valence electrons. The number of aryl methyl sites for hydroxylation is 1. The molecule has 0 saturated heterocycles. The van der Waals surface area contributed by atoms with E-state index in [1.54, 1.807) is 25.1 Å². The number of nitrogens with zero attached hydrogens (tertiary/aromatic N) is 2. The van der Waals surface area contributed by atoms with E-state index < -0.39 is 5.91 Å². The van der Waals surface area contributed by atoms with Crippen LogP contribution in [0.4, 0.5) is 5.82 Å². The van der Waals surface area contributed by atoms with Crippen molar-refractivity contribution in [1.82, 2.24) is 9.78 Å². The van der Waals surface area contributed by atoms with Gasteiger partial charge in [-0.1, -0.05) is 29.3 Å². The van der Waals surface area contributed by atoms with Crippen molar-refractivity contribution in [3.63, 3.8) is 0 Å². The zero-order chi connectivity index (χ0) is 14.2. The van der Waals surface area contributed by atoms with Crippen LogP contribution in [-0.4, -0.2) is 15.7 Å². The van der Waals surface area contributed by atoms with E-state index in [0.717, 1.165) is 5.56 Å². The smallest absolute Gasteiger partial charge is 0.254 e. The van der Waals surface area contributed by atoms with Crippen molar-refractivity contribution in [1.29, 1.82) is 0 Å². The number of rotatable bonds is 3. The topological polar surface area (TPSA) is 86.9 Å². The van der Waals surface area contributed by atoms with E-state index in [1.165, 1.54) is 4.68 Å². The number of nitrogen functional groups attached to an aromatic ring is 1. The summed E-state index contributed by atoms with van der Waals surface area (Å²) in [6.07, 6.45) is 0. The molecule has 1 amide bonds. The summed E-state index contributed by atoms with van der Waals surface area (Å²) in [5, 5.41) is 5.26. The first-order valence-electron chi connectivity index (χ1n) is 5.46. The normalized spacial score (nSPS) is 10.7. The average Bonchev–Trinajstić information content (AvgIpc) is 2.58. The summed E-state index contributed by atoms with van der Waals surface area (Å²) in [4.78, 5) is 11.3. The second-order valence-corrected chi connectivity index (χ2v) is 4.95. The highest BCUT2D eigenvalue weighted by Crippen LogP contribution is 2.23. The van der Waals surface area contributed by atoms with E-state index in [2.05, 4.69) is 5.10 Å². The molecule has 1 aromatic heterocycles. The Labute approximate surface area is 120 Å². The second-order valence-electron chi connectivity index (χ2n) is 4.10. The summed E-state index contributed by atoms with van der Waals surface area (Å²) in [7, 11) is 0. The van der Waals surface area contributed by atoms with E-state index in [4.69, 9.17) is 34.7 Å². The molecule has 19 heavy (non-hydrogen) atoms. The van der Waals surface area contributed by atoms with Crippen molar-refractivity contribution < 1.29 is 4.79 Å². The van der Waals surface area contributed by atoms with Crippen LogP contribution in [-0.2, 0) is 6.54 Å². The predicted molar refractivity (Wildman–Crippen MR) is 75.5 cm³/mol. The first kappa shape index (κ1) is 13.7. The quantitative estimate of drug-likeness (QED) is 0.911. The highest BCUT2D eigenvalue weighted by molar-refractivity contribution is 6.35. The van der Waals surface area contributed by atoms with Gasteiger partial charge in [-0.3, -0.25) is 4.79 Å². The van der Waals surface area contributed by atoms with Crippen LogP contribution < -0.4 is 11.5 Å². The molecule has 0 spiro atoms. The Morgan fingerprint density at radius 3 is 2.63 bits per heavy atom. The average molecular weight is 299 g/mol. The maximum atomic E-state index is 11.3. The number of primary amides is 1. The van der Waals surface area contributed by atoms with Gasteiger partial charge in [0, 0.05) is 10.0 Å². The van der Waals surface area contributed by atoms with Crippen molar-refractivity contribution in [2.45, 2.75) is 13.5 Å². The molecule has 0 aliphatic rings. The first-order chi connectivity index (χ1) is 8.90. The van der Waals surface area contributed by atoms with Crippen molar-refractivity contribution >= 4 is 34.9 Å². The number of hydrogen-bond acceptors (Lipinski definition) is 3. The maximum absolute atomic E-state index is 11.3. The van der Waals surface area contributed by atoms with Gasteiger partial charge in [0.05, 0.1) is 12.2 Å². The van der Waals surface area contributed by atoms with Gasteiger partial charge in [-0.25, -0.2) is 4.68 Å². The summed E-state index contributed by atoms with van der Waals surface area (Å²) in [6.45, 7) is 2.02. The standard InChI is InChI=1S/C12H12Cl2N4O/c1-6-10(12(16)19)11(15)18(17-6)5-7-2-3-8(13)4-9(7)14/h2-4H,5,15H2,1H3,(H2,16,19). The monoisotopic (exact) mass is 298 g/mol. The molecule has 0 saturated carbocycles. The van der Waals surface area contributed by atoms with Gasteiger partial charge < -0.3 is 11.5 Å². The van der Waals surface area contributed by atoms with E-state index in [1.807, 2.05) is 0 Å². The highest BCUT2D eigenvalue weighted by atomic mass is 35.5. The molecule has 0 radical (unpaired) electrons. The lowest BCUT2D eigenvalue weighted by molar-refractivity contribution is 0.100. The summed E-state index contributed by atoms with van der Waals surface area (Å²) < 4.78 is 1.49. The van der Waals surface area contributed by atoms with Crippen LogP contribution in [0.15, 0.2) is 18.2 Å². The number of carbonyl (C=O) groups excluding carboxylic acids is 1. The Balaban J connectivity index is 2.39. The molecular formula is C12H12Cl2N4O. The summed E-state index contributed by atoms with van der Waals surface area (Å²) in [5.74, 6) is -0.362. The maximum Gasteiger partial charge on any atom is 0.254 e. The largest absolute Gasteiger partial charge is 0.383 e. The van der Waals surface area contributed by atoms with Gasteiger partial charge in [-0.05, 0) is 24.6 Å². The SMILES string of the molecule is Cc1nn(Cc2ccc(Cl)cc2Cl)c(N)c1C(N)=O. The fourth-order valence-corrected chi connectivity index (χ4v) is 2.30. The Bertz CT molecular complexity index is 651.